The second kappa shape index (κ2) is 4.68. The molecule has 0 radical (unpaired) electrons. The molecule has 1 fully saturated rings. The van der Waals surface area contributed by atoms with E-state index in [4.69, 9.17) is 11.6 Å². The molecule has 1 aromatic carbocycles. The molecular formula is C12H14ClF2N. The van der Waals surface area contributed by atoms with Gasteiger partial charge >= 0.3 is 0 Å². The maximum atomic E-state index is 13.6. The summed E-state index contributed by atoms with van der Waals surface area (Å²) in [7, 11) is 0. The Hall–Kier alpha value is -0.670. The van der Waals surface area contributed by atoms with Gasteiger partial charge in [-0.2, -0.15) is 0 Å². The van der Waals surface area contributed by atoms with Gasteiger partial charge in [0.2, 0.25) is 0 Å². The van der Waals surface area contributed by atoms with E-state index in [9.17, 15) is 8.78 Å². The summed E-state index contributed by atoms with van der Waals surface area (Å²) in [5.41, 5.74) is 0.915. The van der Waals surface area contributed by atoms with Crippen LogP contribution in [0, 0.1) is 5.92 Å². The first-order valence-electron chi connectivity index (χ1n) is 5.41. The fourth-order valence-electron chi connectivity index (χ4n) is 2.01. The van der Waals surface area contributed by atoms with E-state index in [-0.39, 0.29) is 6.42 Å². The fourth-order valence-corrected chi connectivity index (χ4v) is 2.14. The molecule has 0 aliphatic carbocycles. The Kier molecular flexibility index (Phi) is 3.45. The molecule has 0 aromatic heterocycles. The number of hydrogen-bond donors (Lipinski definition) is 1. The van der Waals surface area contributed by atoms with Crippen LogP contribution in [-0.2, 0) is 6.42 Å². The van der Waals surface area contributed by atoms with Gasteiger partial charge in [0.1, 0.15) is 0 Å². The molecule has 16 heavy (non-hydrogen) atoms. The van der Waals surface area contributed by atoms with Gasteiger partial charge in [-0.1, -0.05) is 23.7 Å². The van der Waals surface area contributed by atoms with Crippen LogP contribution in [0.5, 0.6) is 0 Å². The van der Waals surface area contributed by atoms with Gasteiger partial charge in [-0.15, -0.1) is 0 Å². The predicted octanol–water partition coefficient (Wildman–Crippen LogP) is 3.13. The molecule has 1 heterocycles. The van der Waals surface area contributed by atoms with Crippen LogP contribution in [0.4, 0.5) is 8.78 Å². The van der Waals surface area contributed by atoms with Crippen molar-refractivity contribution < 1.29 is 8.78 Å². The van der Waals surface area contributed by atoms with Gasteiger partial charge in [0.05, 0.1) is 0 Å². The molecule has 1 N–H and O–H groups in total. The second-order valence-corrected chi connectivity index (χ2v) is 4.68. The zero-order chi connectivity index (χ0) is 11.6. The summed E-state index contributed by atoms with van der Waals surface area (Å²) in [6.07, 6.45) is 0.336. The third kappa shape index (κ3) is 2.71. The molecule has 0 amide bonds. The maximum absolute atomic E-state index is 13.6. The van der Waals surface area contributed by atoms with E-state index in [0.29, 0.717) is 24.5 Å². The highest BCUT2D eigenvalue weighted by atomic mass is 35.5. The van der Waals surface area contributed by atoms with Crippen molar-refractivity contribution in [2.75, 3.05) is 13.1 Å². The van der Waals surface area contributed by atoms with Crippen LogP contribution in [0.3, 0.4) is 0 Å². The lowest BCUT2D eigenvalue weighted by Gasteiger charge is -2.32. The van der Waals surface area contributed by atoms with Crippen LogP contribution in [-0.4, -0.2) is 19.0 Å². The predicted molar refractivity (Wildman–Crippen MR) is 61.1 cm³/mol. The van der Waals surface area contributed by atoms with Crippen molar-refractivity contribution in [1.82, 2.24) is 5.32 Å². The van der Waals surface area contributed by atoms with Gasteiger partial charge in [0, 0.05) is 30.5 Å². The third-order valence-corrected chi connectivity index (χ3v) is 3.27. The van der Waals surface area contributed by atoms with E-state index in [1.54, 1.807) is 12.1 Å². The van der Waals surface area contributed by atoms with Crippen molar-refractivity contribution in [3.8, 4) is 0 Å². The van der Waals surface area contributed by atoms with Gasteiger partial charge in [-0.3, -0.25) is 0 Å². The molecule has 1 atom stereocenters. The molecule has 1 saturated heterocycles. The average molecular weight is 246 g/mol. The molecule has 0 spiro atoms. The lowest BCUT2D eigenvalue weighted by atomic mass is 9.89. The highest BCUT2D eigenvalue weighted by Gasteiger charge is 2.41. The summed E-state index contributed by atoms with van der Waals surface area (Å²) in [4.78, 5) is 0. The molecule has 1 aliphatic rings. The minimum Gasteiger partial charge on any atom is -0.316 e. The zero-order valence-electron chi connectivity index (χ0n) is 8.85. The fraction of sp³-hybridized carbons (Fsp3) is 0.500. The van der Waals surface area contributed by atoms with E-state index >= 15 is 0 Å². The van der Waals surface area contributed by atoms with E-state index in [0.717, 1.165) is 5.56 Å². The number of piperidine rings is 1. The molecule has 1 unspecified atom stereocenters. The highest BCUT2D eigenvalue weighted by Crippen LogP contribution is 2.32. The lowest BCUT2D eigenvalue weighted by Crippen LogP contribution is -2.45. The van der Waals surface area contributed by atoms with E-state index in [1.807, 2.05) is 12.1 Å². The summed E-state index contributed by atoms with van der Waals surface area (Å²) >= 11 is 5.75. The molecule has 1 nitrogen and oxygen atoms in total. The summed E-state index contributed by atoms with van der Waals surface area (Å²) < 4.78 is 27.1. The van der Waals surface area contributed by atoms with Crippen LogP contribution in [0.25, 0.3) is 0 Å². The Morgan fingerprint density at radius 1 is 1.31 bits per heavy atom. The number of hydrogen-bond acceptors (Lipinski definition) is 1. The molecule has 0 saturated carbocycles. The normalized spacial score (nSPS) is 24.3. The van der Waals surface area contributed by atoms with Gasteiger partial charge < -0.3 is 5.32 Å². The van der Waals surface area contributed by atoms with Crippen molar-refractivity contribution in [1.29, 1.82) is 0 Å². The van der Waals surface area contributed by atoms with Crippen LogP contribution in [0.2, 0.25) is 5.02 Å². The molecule has 4 heteroatoms. The van der Waals surface area contributed by atoms with Crippen molar-refractivity contribution in [3.05, 3.63) is 34.9 Å². The molecule has 1 aliphatic heterocycles. The van der Waals surface area contributed by atoms with Crippen molar-refractivity contribution in [2.24, 2.45) is 5.92 Å². The summed E-state index contributed by atoms with van der Waals surface area (Å²) in [5.74, 6) is -3.16. The number of alkyl halides is 2. The van der Waals surface area contributed by atoms with Crippen LogP contribution < -0.4 is 5.32 Å². The molecule has 88 valence electrons. The van der Waals surface area contributed by atoms with Gasteiger partial charge in [-0.25, -0.2) is 8.78 Å². The largest absolute Gasteiger partial charge is 0.316 e. The Morgan fingerprint density at radius 3 is 2.62 bits per heavy atom. The zero-order valence-corrected chi connectivity index (χ0v) is 9.61. The molecule has 0 bridgehead atoms. The van der Waals surface area contributed by atoms with Gasteiger partial charge in [-0.05, 0) is 24.1 Å². The molecule has 1 aromatic rings. The van der Waals surface area contributed by atoms with Gasteiger partial charge in [0.25, 0.3) is 5.92 Å². The minimum atomic E-state index is -2.55. The van der Waals surface area contributed by atoms with Crippen LogP contribution in [0.1, 0.15) is 12.0 Å². The Labute approximate surface area is 98.8 Å². The summed E-state index contributed by atoms with van der Waals surface area (Å²) in [5, 5.41) is 3.65. The maximum Gasteiger partial charge on any atom is 0.253 e. The monoisotopic (exact) mass is 245 g/mol. The lowest BCUT2D eigenvalue weighted by molar-refractivity contribution is -0.0776. The van der Waals surface area contributed by atoms with E-state index in [1.165, 1.54) is 0 Å². The minimum absolute atomic E-state index is 0.0642. The first-order chi connectivity index (χ1) is 7.58. The first kappa shape index (κ1) is 11.8. The third-order valence-electron chi connectivity index (χ3n) is 3.02. The molecule has 2 rings (SSSR count). The van der Waals surface area contributed by atoms with Crippen molar-refractivity contribution in [3.63, 3.8) is 0 Å². The first-order valence-corrected chi connectivity index (χ1v) is 5.79. The number of benzene rings is 1. The van der Waals surface area contributed by atoms with E-state index in [2.05, 4.69) is 5.32 Å². The Bertz CT molecular complexity index is 351. The highest BCUT2D eigenvalue weighted by molar-refractivity contribution is 6.30. The second-order valence-electron chi connectivity index (χ2n) is 4.24. The van der Waals surface area contributed by atoms with Crippen LogP contribution in [0.15, 0.2) is 24.3 Å². The smallest absolute Gasteiger partial charge is 0.253 e. The summed E-state index contributed by atoms with van der Waals surface area (Å²) in [6, 6.07) is 7.11. The molecular weight excluding hydrogens is 232 g/mol. The standard InChI is InChI=1S/C12H14ClF2N/c13-11-3-1-9(2-4-11)7-10-8-16-6-5-12(10,14)15/h1-4,10,16H,5-8H2. The summed E-state index contributed by atoms with van der Waals surface area (Å²) in [6.45, 7) is 0.791. The van der Waals surface area contributed by atoms with Crippen molar-refractivity contribution >= 4 is 11.6 Å². The SMILES string of the molecule is FC1(F)CCNCC1Cc1ccc(Cl)cc1. The quantitative estimate of drug-likeness (QED) is 0.844. The topological polar surface area (TPSA) is 12.0 Å². The number of halogens is 3. The van der Waals surface area contributed by atoms with E-state index < -0.39 is 11.8 Å². The van der Waals surface area contributed by atoms with Gasteiger partial charge in [0.15, 0.2) is 0 Å². The van der Waals surface area contributed by atoms with Crippen LogP contribution >= 0.6 is 11.6 Å². The number of nitrogens with one attached hydrogen (secondary N) is 1. The Morgan fingerprint density at radius 2 is 2.00 bits per heavy atom. The average Bonchev–Trinajstić information content (AvgIpc) is 2.24. The van der Waals surface area contributed by atoms with Crippen molar-refractivity contribution in [2.45, 2.75) is 18.8 Å². The number of rotatable bonds is 2. The Balaban J connectivity index is 2.05.